The Hall–Kier alpha value is -2.75. The maximum atomic E-state index is 12.3. The number of hydrogen-bond acceptors (Lipinski definition) is 3. The summed E-state index contributed by atoms with van der Waals surface area (Å²) >= 11 is 0. The third kappa shape index (κ3) is 5.73. The topological polar surface area (TPSA) is 81.8 Å². The zero-order valence-corrected chi connectivity index (χ0v) is 20.6. The third-order valence-corrected chi connectivity index (χ3v) is 5.32. The number of carbonyl (C=O) groups excluding carboxylic acids is 1. The van der Waals surface area contributed by atoms with Crippen molar-refractivity contribution in [3.05, 3.63) is 60.3 Å². The van der Waals surface area contributed by atoms with Crippen molar-refractivity contribution in [2.75, 3.05) is 37.7 Å². The number of nitrogens with zero attached hydrogens (tertiary/aromatic N) is 2. The van der Waals surface area contributed by atoms with E-state index in [-0.39, 0.29) is 36.5 Å². The standard InChI is InChI=1S/C24H29N5O2.HI/c1-2-25-24(27-14-12-18-16-28-20-9-4-3-8-19(18)20)26-13-7-15-29-21-10-5-6-11-22(21)31-17-23(29)30;/h3-6,8-11,16,28H,2,7,12-15,17H2,1H3,(H2,25,26,27);1H. The smallest absolute Gasteiger partial charge is 0.265 e. The van der Waals surface area contributed by atoms with Crippen molar-refractivity contribution in [3.8, 4) is 5.75 Å². The number of rotatable bonds is 8. The molecule has 8 heteroatoms. The van der Waals surface area contributed by atoms with E-state index in [1.54, 1.807) is 4.90 Å². The summed E-state index contributed by atoms with van der Waals surface area (Å²) in [7, 11) is 0. The summed E-state index contributed by atoms with van der Waals surface area (Å²) in [6.07, 6.45) is 3.76. The number of fused-ring (bicyclic) bond motifs is 2. The molecular formula is C24H30IN5O2. The predicted molar refractivity (Wildman–Crippen MR) is 140 cm³/mol. The van der Waals surface area contributed by atoms with Gasteiger partial charge in [-0.3, -0.25) is 9.79 Å². The van der Waals surface area contributed by atoms with Gasteiger partial charge in [0.2, 0.25) is 0 Å². The highest BCUT2D eigenvalue weighted by molar-refractivity contribution is 14.0. The van der Waals surface area contributed by atoms with Gasteiger partial charge < -0.3 is 25.3 Å². The minimum absolute atomic E-state index is 0. The molecule has 0 fully saturated rings. The van der Waals surface area contributed by atoms with Crippen LogP contribution in [-0.2, 0) is 11.2 Å². The first-order chi connectivity index (χ1) is 15.3. The molecule has 0 unspecified atom stereocenters. The van der Waals surface area contributed by atoms with Gasteiger partial charge in [0, 0.05) is 43.3 Å². The molecule has 4 rings (SSSR count). The molecule has 1 aliphatic heterocycles. The normalized spacial score (nSPS) is 13.3. The van der Waals surface area contributed by atoms with Crippen LogP contribution in [0.3, 0.4) is 0 Å². The Morgan fingerprint density at radius 3 is 2.84 bits per heavy atom. The summed E-state index contributed by atoms with van der Waals surface area (Å²) in [5, 5.41) is 7.97. The molecule has 3 aromatic rings. The molecule has 170 valence electrons. The summed E-state index contributed by atoms with van der Waals surface area (Å²) in [5.41, 5.74) is 3.30. The van der Waals surface area contributed by atoms with Crippen LogP contribution in [0.15, 0.2) is 59.7 Å². The van der Waals surface area contributed by atoms with E-state index in [4.69, 9.17) is 4.74 Å². The molecule has 0 atom stereocenters. The lowest BCUT2D eigenvalue weighted by Gasteiger charge is -2.29. The van der Waals surface area contributed by atoms with Crippen LogP contribution >= 0.6 is 24.0 Å². The number of aromatic amines is 1. The molecule has 1 amide bonds. The molecule has 0 saturated carbocycles. The fraction of sp³-hybridized carbons (Fsp3) is 0.333. The molecule has 0 spiro atoms. The molecule has 0 bridgehead atoms. The van der Waals surface area contributed by atoms with Gasteiger partial charge in [-0.1, -0.05) is 30.3 Å². The highest BCUT2D eigenvalue weighted by Gasteiger charge is 2.24. The zero-order chi connectivity index (χ0) is 21.5. The molecule has 2 aromatic carbocycles. The number of hydrogen-bond donors (Lipinski definition) is 3. The van der Waals surface area contributed by atoms with Gasteiger partial charge in [0.25, 0.3) is 5.91 Å². The van der Waals surface area contributed by atoms with Crippen molar-refractivity contribution >= 4 is 52.4 Å². The second-order valence-corrected chi connectivity index (χ2v) is 7.45. The quantitative estimate of drug-likeness (QED) is 0.174. The molecular weight excluding hydrogens is 517 g/mol. The van der Waals surface area contributed by atoms with Crippen LogP contribution in [0, 0.1) is 0 Å². The molecule has 7 nitrogen and oxygen atoms in total. The molecule has 2 heterocycles. The number of amides is 1. The molecule has 0 radical (unpaired) electrons. The SMILES string of the molecule is CCNC(=NCCCN1C(=O)COc2ccccc21)NCCc1c[nH]c2ccccc12.I. The largest absolute Gasteiger partial charge is 0.482 e. The summed E-state index contributed by atoms with van der Waals surface area (Å²) in [5.74, 6) is 1.56. The van der Waals surface area contributed by atoms with Crippen LogP contribution in [0.5, 0.6) is 5.75 Å². The fourth-order valence-electron chi connectivity index (χ4n) is 3.81. The van der Waals surface area contributed by atoms with Crippen LogP contribution in [-0.4, -0.2) is 49.6 Å². The van der Waals surface area contributed by atoms with E-state index in [9.17, 15) is 4.79 Å². The number of aromatic nitrogens is 1. The first kappa shape index (κ1) is 23.9. The van der Waals surface area contributed by atoms with Crippen LogP contribution < -0.4 is 20.3 Å². The lowest BCUT2D eigenvalue weighted by atomic mass is 10.1. The van der Waals surface area contributed by atoms with Gasteiger partial charge in [0.15, 0.2) is 12.6 Å². The average Bonchev–Trinajstić information content (AvgIpc) is 3.21. The molecule has 1 aliphatic rings. The van der Waals surface area contributed by atoms with Crippen molar-refractivity contribution in [1.29, 1.82) is 0 Å². The predicted octanol–water partition coefficient (Wildman–Crippen LogP) is 3.70. The number of aliphatic imine (C=N–C) groups is 1. The number of guanidine groups is 1. The van der Waals surface area contributed by atoms with Gasteiger partial charge in [-0.15, -0.1) is 24.0 Å². The Morgan fingerprint density at radius 2 is 1.97 bits per heavy atom. The number of nitrogens with one attached hydrogen (secondary N) is 3. The van der Waals surface area contributed by atoms with Gasteiger partial charge in [0.1, 0.15) is 5.75 Å². The zero-order valence-electron chi connectivity index (χ0n) is 18.3. The summed E-state index contributed by atoms with van der Waals surface area (Å²) < 4.78 is 5.50. The average molecular weight is 547 g/mol. The summed E-state index contributed by atoms with van der Waals surface area (Å²) in [6, 6.07) is 16.0. The minimum Gasteiger partial charge on any atom is -0.482 e. The Balaban J connectivity index is 0.00000289. The van der Waals surface area contributed by atoms with E-state index in [1.165, 1.54) is 10.9 Å². The van der Waals surface area contributed by atoms with Gasteiger partial charge in [-0.2, -0.15) is 0 Å². The number of para-hydroxylation sites is 3. The second-order valence-electron chi connectivity index (χ2n) is 7.45. The molecule has 0 aliphatic carbocycles. The van der Waals surface area contributed by atoms with Gasteiger partial charge >= 0.3 is 0 Å². The number of halogens is 1. The second kappa shape index (κ2) is 11.8. The highest BCUT2D eigenvalue weighted by atomic mass is 127. The van der Waals surface area contributed by atoms with Crippen LogP contribution in [0.4, 0.5) is 5.69 Å². The van der Waals surface area contributed by atoms with Crippen LogP contribution in [0.2, 0.25) is 0 Å². The van der Waals surface area contributed by atoms with E-state index in [1.807, 2.05) is 30.3 Å². The Labute approximate surface area is 205 Å². The molecule has 1 aromatic heterocycles. The van der Waals surface area contributed by atoms with Crippen molar-refractivity contribution in [2.24, 2.45) is 4.99 Å². The first-order valence-corrected chi connectivity index (χ1v) is 10.9. The highest BCUT2D eigenvalue weighted by Crippen LogP contribution is 2.31. The lowest BCUT2D eigenvalue weighted by Crippen LogP contribution is -2.40. The van der Waals surface area contributed by atoms with Crippen molar-refractivity contribution < 1.29 is 9.53 Å². The summed E-state index contributed by atoms with van der Waals surface area (Å²) in [6.45, 7) is 5.00. The number of carbonyl (C=O) groups is 1. The summed E-state index contributed by atoms with van der Waals surface area (Å²) in [4.78, 5) is 22.1. The lowest BCUT2D eigenvalue weighted by molar-refractivity contribution is -0.121. The number of benzene rings is 2. The number of anilines is 1. The first-order valence-electron chi connectivity index (χ1n) is 10.9. The maximum absolute atomic E-state index is 12.3. The Kier molecular flexibility index (Phi) is 8.78. The minimum atomic E-state index is -0.00793. The molecule has 3 N–H and O–H groups in total. The van der Waals surface area contributed by atoms with Gasteiger partial charge in [-0.25, -0.2) is 0 Å². The Morgan fingerprint density at radius 1 is 1.16 bits per heavy atom. The number of H-pyrrole nitrogens is 1. The van der Waals surface area contributed by atoms with E-state index < -0.39 is 0 Å². The maximum Gasteiger partial charge on any atom is 0.265 e. The van der Waals surface area contributed by atoms with Crippen LogP contribution in [0.1, 0.15) is 18.9 Å². The van der Waals surface area contributed by atoms with Crippen molar-refractivity contribution in [3.63, 3.8) is 0 Å². The molecule has 0 saturated heterocycles. The van der Waals surface area contributed by atoms with E-state index >= 15 is 0 Å². The number of ether oxygens (including phenoxy) is 1. The van der Waals surface area contributed by atoms with E-state index in [0.29, 0.717) is 13.1 Å². The molecule has 32 heavy (non-hydrogen) atoms. The van der Waals surface area contributed by atoms with Crippen molar-refractivity contribution in [1.82, 2.24) is 15.6 Å². The van der Waals surface area contributed by atoms with E-state index in [2.05, 4.69) is 51.9 Å². The van der Waals surface area contributed by atoms with Gasteiger partial charge in [0.05, 0.1) is 5.69 Å². The Bertz CT molecular complexity index is 1070. The third-order valence-electron chi connectivity index (χ3n) is 5.32. The van der Waals surface area contributed by atoms with Crippen LogP contribution in [0.25, 0.3) is 10.9 Å². The fourth-order valence-corrected chi connectivity index (χ4v) is 3.81. The monoisotopic (exact) mass is 547 g/mol. The van der Waals surface area contributed by atoms with Gasteiger partial charge in [-0.05, 0) is 43.5 Å². The van der Waals surface area contributed by atoms with Crippen molar-refractivity contribution in [2.45, 2.75) is 19.8 Å². The van der Waals surface area contributed by atoms with E-state index in [0.717, 1.165) is 48.8 Å².